The van der Waals surface area contributed by atoms with E-state index in [1.807, 2.05) is 6.92 Å². The summed E-state index contributed by atoms with van der Waals surface area (Å²) in [5.74, 6) is 0.502. The Bertz CT molecular complexity index is 492. The van der Waals surface area contributed by atoms with Gasteiger partial charge in [-0.3, -0.25) is 0 Å². The van der Waals surface area contributed by atoms with E-state index in [-0.39, 0.29) is 5.82 Å². The molecule has 0 atom stereocenters. The Morgan fingerprint density at radius 3 is 2.94 bits per heavy atom. The van der Waals surface area contributed by atoms with Gasteiger partial charge in [0.15, 0.2) is 0 Å². The van der Waals surface area contributed by atoms with Gasteiger partial charge in [0.25, 0.3) is 0 Å². The Morgan fingerprint density at radius 1 is 1.44 bits per heavy atom. The molecule has 0 bridgehead atoms. The van der Waals surface area contributed by atoms with Crippen LogP contribution in [0.15, 0.2) is 24.5 Å². The van der Waals surface area contributed by atoms with Crippen LogP contribution < -0.4 is 5.73 Å². The molecule has 2 aromatic rings. The lowest BCUT2D eigenvalue weighted by Crippen LogP contribution is -2.11. The highest BCUT2D eigenvalue weighted by Crippen LogP contribution is 2.11. The van der Waals surface area contributed by atoms with Crippen molar-refractivity contribution in [2.24, 2.45) is 5.73 Å². The Labute approximate surface area is 92.9 Å². The average molecular weight is 220 g/mol. The van der Waals surface area contributed by atoms with Crippen LogP contribution in [0.4, 0.5) is 4.39 Å². The zero-order valence-electron chi connectivity index (χ0n) is 9.02. The molecular formula is C11H13FN4. The first-order valence-corrected chi connectivity index (χ1v) is 5.02. The summed E-state index contributed by atoms with van der Waals surface area (Å²) in [5, 5.41) is 4.08. The molecule has 0 spiro atoms. The number of benzene rings is 1. The van der Waals surface area contributed by atoms with Crippen molar-refractivity contribution in [3.8, 4) is 0 Å². The van der Waals surface area contributed by atoms with Crippen LogP contribution in [-0.2, 0) is 13.1 Å². The van der Waals surface area contributed by atoms with E-state index in [4.69, 9.17) is 5.73 Å². The van der Waals surface area contributed by atoms with Gasteiger partial charge in [0.1, 0.15) is 18.0 Å². The van der Waals surface area contributed by atoms with E-state index in [2.05, 4.69) is 10.1 Å². The summed E-state index contributed by atoms with van der Waals surface area (Å²) in [7, 11) is 0. The molecule has 4 nitrogen and oxygen atoms in total. The van der Waals surface area contributed by atoms with E-state index < -0.39 is 0 Å². The number of aryl methyl sites for hydroxylation is 1. The Kier molecular flexibility index (Phi) is 2.96. The quantitative estimate of drug-likeness (QED) is 0.846. The van der Waals surface area contributed by atoms with Crippen molar-refractivity contribution in [1.29, 1.82) is 0 Å². The van der Waals surface area contributed by atoms with Gasteiger partial charge in [-0.1, -0.05) is 6.07 Å². The molecule has 1 heterocycles. The first kappa shape index (κ1) is 10.8. The van der Waals surface area contributed by atoms with Crippen molar-refractivity contribution < 1.29 is 4.39 Å². The maximum Gasteiger partial charge on any atom is 0.140 e. The fourth-order valence-corrected chi connectivity index (χ4v) is 1.58. The number of halogens is 1. The molecule has 0 aliphatic carbocycles. The molecule has 2 N–H and O–H groups in total. The molecule has 5 heteroatoms. The Morgan fingerprint density at radius 2 is 2.25 bits per heavy atom. The fraction of sp³-hybridized carbons (Fsp3) is 0.273. The minimum Gasteiger partial charge on any atom is -0.324 e. The molecule has 0 saturated heterocycles. The van der Waals surface area contributed by atoms with Gasteiger partial charge in [-0.2, -0.15) is 5.10 Å². The first-order valence-electron chi connectivity index (χ1n) is 5.02. The number of aromatic nitrogens is 3. The minimum absolute atomic E-state index is 0.223. The highest BCUT2D eigenvalue weighted by Gasteiger charge is 2.05. The van der Waals surface area contributed by atoms with Gasteiger partial charge >= 0.3 is 0 Å². The second kappa shape index (κ2) is 4.40. The highest BCUT2D eigenvalue weighted by molar-refractivity contribution is 5.26. The van der Waals surface area contributed by atoms with Crippen molar-refractivity contribution in [1.82, 2.24) is 14.8 Å². The summed E-state index contributed by atoms with van der Waals surface area (Å²) >= 11 is 0. The van der Waals surface area contributed by atoms with Gasteiger partial charge in [0.2, 0.25) is 0 Å². The molecule has 0 saturated carbocycles. The molecule has 0 fully saturated rings. The smallest absolute Gasteiger partial charge is 0.140 e. The third-order valence-corrected chi connectivity index (χ3v) is 2.50. The maximum atomic E-state index is 12.9. The van der Waals surface area contributed by atoms with Crippen LogP contribution in [0.2, 0.25) is 0 Å². The maximum absolute atomic E-state index is 12.9. The fourth-order valence-electron chi connectivity index (χ4n) is 1.58. The van der Waals surface area contributed by atoms with E-state index in [9.17, 15) is 4.39 Å². The topological polar surface area (TPSA) is 56.7 Å². The van der Waals surface area contributed by atoms with Crippen molar-refractivity contribution in [3.05, 3.63) is 47.3 Å². The molecule has 16 heavy (non-hydrogen) atoms. The van der Waals surface area contributed by atoms with E-state index in [1.54, 1.807) is 10.7 Å². The van der Waals surface area contributed by atoms with Crippen LogP contribution in [0.25, 0.3) is 0 Å². The summed E-state index contributed by atoms with van der Waals surface area (Å²) in [4.78, 5) is 4.03. The zero-order valence-corrected chi connectivity index (χ0v) is 9.02. The zero-order chi connectivity index (χ0) is 11.5. The minimum atomic E-state index is -0.223. The molecule has 0 unspecified atom stereocenters. The van der Waals surface area contributed by atoms with Gasteiger partial charge < -0.3 is 5.73 Å². The number of hydrogen-bond donors (Lipinski definition) is 1. The number of nitrogens with zero attached hydrogens (tertiary/aromatic N) is 3. The van der Waals surface area contributed by atoms with Crippen LogP contribution in [0.5, 0.6) is 0 Å². The molecule has 1 aromatic heterocycles. The second-order valence-corrected chi connectivity index (χ2v) is 3.61. The van der Waals surface area contributed by atoms with Gasteiger partial charge in [-0.25, -0.2) is 14.1 Å². The summed E-state index contributed by atoms with van der Waals surface area (Å²) in [6, 6.07) is 4.71. The Balaban J connectivity index is 2.27. The van der Waals surface area contributed by atoms with Gasteiger partial charge in [-0.05, 0) is 30.2 Å². The SMILES string of the molecule is Cc1cc(F)ccc1Cn1ncnc1CN. The molecule has 0 radical (unpaired) electrons. The predicted octanol–water partition coefficient (Wildman–Crippen LogP) is 1.23. The van der Waals surface area contributed by atoms with E-state index in [0.717, 1.165) is 17.0 Å². The summed E-state index contributed by atoms with van der Waals surface area (Å²) < 4.78 is 14.6. The summed E-state index contributed by atoms with van der Waals surface area (Å²) in [6.45, 7) is 2.79. The number of rotatable bonds is 3. The van der Waals surface area contributed by atoms with Crippen molar-refractivity contribution >= 4 is 0 Å². The van der Waals surface area contributed by atoms with E-state index in [1.165, 1.54) is 18.5 Å². The molecule has 0 aliphatic heterocycles. The number of hydrogen-bond acceptors (Lipinski definition) is 3. The highest BCUT2D eigenvalue weighted by atomic mass is 19.1. The standard InChI is InChI=1S/C11H13FN4/c1-8-4-10(12)3-2-9(8)6-16-11(5-13)14-7-15-16/h2-4,7H,5-6,13H2,1H3. The van der Waals surface area contributed by atoms with Crippen molar-refractivity contribution in [2.75, 3.05) is 0 Å². The van der Waals surface area contributed by atoms with Gasteiger partial charge in [0.05, 0.1) is 13.1 Å². The molecular weight excluding hydrogens is 207 g/mol. The largest absolute Gasteiger partial charge is 0.324 e. The lowest BCUT2D eigenvalue weighted by atomic mass is 10.1. The second-order valence-electron chi connectivity index (χ2n) is 3.61. The summed E-state index contributed by atoms with van der Waals surface area (Å²) in [6.07, 6.45) is 1.47. The lowest BCUT2D eigenvalue weighted by Gasteiger charge is -2.07. The van der Waals surface area contributed by atoms with E-state index >= 15 is 0 Å². The Hall–Kier alpha value is -1.75. The van der Waals surface area contributed by atoms with Gasteiger partial charge in [0, 0.05) is 0 Å². The lowest BCUT2D eigenvalue weighted by molar-refractivity contribution is 0.616. The average Bonchev–Trinajstić information content (AvgIpc) is 2.69. The molecule has 0 amide bonds. The third kappa shape index (κ3) is 2.09. The van der Waals surface area contributed by atoms with Crippen LogP contribution in [0.1, 0.15) is 17.0 Å². The van der Waals surface area contributed by atoms with Crippen LogP contribution in [0, 0.1) is 12.7 Å². The van der Waals surface area contributed by atoms with Crippen LogP contribution in [-0.4, -0.2) is 14.8 Å². The monoisotopic (exact) mass is 220 g/mol. The molecule has 0 aliphatic rings. The van der Waals surface area contributed by atoms with Crippen molar-refractivity contribution in [2.45, 2.75) is 20.0 Å². The van der Waals surface area contributed by atoms with Crippen LogP contribution >= 0.6 is 0 Å². The first-order chi connectivity index (χ1) is 7.70. The normalized spacial score (nSPS) is 10.7. The molecule has 84 valence electrons. The molecule has 1 aromatic carbocycles. The summed E-state index contributed by atoms with van der Waals surface area (Å²) in [5.41, 5.74) is 7.44. The van der Waals surface area contributed by atoms with E-state index in [0.29, 0.717) is 13.1 Å². The van der Waals surface area contributed by atoms with Gasteiger partial charge in [-0.15, -0.1) is 0 Å². The number of nitrogens with two attached hydrogens (primary N) is 1. The third-order valence-electron chi connectivity index (χ3n) is 2.50. The van der Waals surface area contributed by atoms with Crippen LogP contribution in [0.3, 0.4) is 0 Å². The predicted molar refractivity (Wildman–Crippen MR) is 58.2 cm³/mol. The molecule has 2 rings (SSSR count). The van der Waals surface area contributed by atoms with Crippen molar-refractivity contribution in [3.63, 3.8) is 0 Å².